The lowest BCUT2D eigenvalue weighted by Crippen LogP contribution is -2.53. The average molecular weight is 435 g/mol. The molecule has 0 saturated heterocycles. The topological polar surface area (TPSA) is 57.1 Å². The van der Waals surface area contributed by atoms with Gasteiger partial charge in [0, 0.05) is 26.9 Å². The number of hydrogen-bond donors (Lipinski definition) is 1. The number of anilines is 2. The minimum atomic E-state index is -1.33. The van der Waals surface area contributed by atoms with Crippen molar-refractivity contribution < 1.29 is 4.79 Å². The fraction of sp³-hybridized carbons (Fsp3) is 0.0870. The third kappa shape index (κ3) is 2.90. The molecule has 1 unspecified atom stereocenters. The van der Waals surface area contributed by atoms with Crippen LogP contribution in [0.3, 0.4) is 0 Å². The maximum absolute atomic E-state index is 13.6. The van der Waals surface area contributed by atoms with Gasteiger partial charge < -0.3 is 5.32 Å². The van der Waals surface area contributed by atoms with Crippen molar-refractivity contribution in [2.45, 2.75) is 12.6 Å². The number of nitrogens with zero attached hydrogens (tertiary/aromatic N) is 3. The zero-order chi connectivity index (χ0) is 20.9. The van der Waals surface area contributed by atoms with Crippen LogP contribution in [0.5, 0.6) is 0 Å². The normalized spacial score (nSPS) is 20.0. The van der Waals surface area contributed by atoms with E-state index < -0.39 is 5.66 Å². The van der Waals surface area contributed by atoms with Gasteiger partial charge in [-0.3, -0.25) is 4.79 Å². The lowest BCUT2D eigenvalue weighted by atomic mass is 9.93. The van der Waals surface area contributed by atoms with Crippen LogP contribution >= 0.6 is 23.2 Å². The first kappa shape index (κ1) is 18.9. The van der Waals surface area contributed by atoms with E-state index in [1.807, 2.05) is 42.5 Å². The number of carbonyl (C=O) groups is 1. The Morgan fingerprint density at radius 2 is 1.63 bits per heavy atom. The quantitative estimate of drug-likeness (QED) is 0.588. The van der Waals surface area contributed by atoms with Gasteiger partial charge in [-0.15, -0.1) is 0 Å². The summed E-state index contributed by atoms with van der Waals surface area (Å²) < 4.78 is 0. The summed E-state index contributed by atoms with van der Waals surface area (Å²) in [5, 5.41) is 10.4. The van der Waals surface area contributed by atoms with Gasteiger partial charge in [0.1, 0.15) is 0 Å². The largest absolute Gasteiger partial charge is 0.348 e. The molecule has 7 heteroatoms. The van der Waals surface area contributed by atoms with Gasteiger partial charge in [0.15, 0.2) is 0 Å². The molecule has 0 aliphatic carbocycles. The number of benzene rings is 3. The van der Waals surface area contributed by atoms with Crippen LogP contribution < -0.4 is 10.3 Å². The molecule has 0 saturated carbocycles. The maximum Gasteiger partial charge on any atom is 0.302 e. The first-order valence-corrected chi connectivity index (χ1v) is 10.1. The summed E-state index contributed by atoms with van der Waals surface area (Å²) in [7, 11) is 0. The van der Waals surface area contributed by atoms with Gasteiger partial charge in [0.2, 0.25) is 0 Å². The summed E-state index contributed by atoms with van der Waals surface area (Å²) >= 11 is 12.3. The molecule has 2 aliphatic rings. The number of amides is 1. The van der Waals surface area contributed by atoms with Gasteiger partial charge in [-0.2, -0.15) is 10.1 Å². The third-order valence-electron chi connectivity index (χ3n) is 5.23. The number of hydrogen-bond acceptors (Lipinski definition) is 4. The summed E-state index contributed by atoms with van der Waals surface area (Å²) in [6.07, 6.45) is 0. The van der Waals surface area contributed by atoms with Crippen molar-refractivity contribution in [1.29, 1.82) is 0 Å². The highest BCUT2D eigenvalue weighted by Crippen LogP contribution is 2.38. The highest BCUT2D eigenvalue weighted by molar-refractivity contribution is 6.33. The molecule has 0 bridgehead atoms. The van der Waals surface area contributed by atoms with Crippen molar-refractivity contribution in [1.82, 2.24) is 0 Å². The Hall–Kier alpha value is -3.15. The van der Waals surface area contributed by atoms with Crippen molar-refractivity contribution >= 4 is 51.9 Å². The number of hydrazone groups is 1. The van der Waals surface area contributed by atoms with Gasteiger partial charge in [0.25, 0.3) is 5.66 Å². The maximum atomic E-state index is 13.6. The molecule has 3 aromatic rings. The minimum Gasteiger partial charge on any atom is -0.348 e. The number of carbonyl (C=O) groups excluding carboxylic acids is 1. The van der Waals surface area contributed by atoms with Crippen LogP contribution in [0.2, 0.25) is 10.0 Å². The molecule has 1 atom stereocenters. The van der Waals surface area contributed by atoms with Gasteiger partial charge in [-0.25, -0.2) is 4.99 Å². The van der Waals surface area contributed by atoms with E-state index in [-0.39, 0.29) is 5.91 Å². The van der Waals surface area contributed by atoms with Crippen molar-refractivity contribution in [3.05, 3.63) is 94.0 Å². The Morgan fingerprint density at radius 3 is 2.37 bits per heavy atom. The Kier molecular flexibility index (Phi) is 4.38. The Morgan fingerprint density at radius 1 is 0.933 bits per heavy atom. The van der Waals surface area contributed by atoms with Gasteiger partial charge >= 0.3 is 5.91 Å². The summed E-state index contributed by atoms with van der Waals surface area (Å²) in [4.78, 5) is 18.5. The van der Waals surface area contributed by atoms with Crippen molar-refractivity contribution in [3.63, 3.8) is 0 Å². The molecule has 1 spiro atoms. The SMILES string of the molecule is CC1=NN(c2ccc(Cl)cc2)C(=O)C12N=C(c1ccccc1)c1cc(Cl)ccc1N2. The van der Waals surface area contributed by atoms with Crippen LogP contribution in [0.4, 0.5) is 11.4 Å². The van der Waals surface area contributed by atoms with E-state index in [0.29, 0.717) is 27.2 Å². The third-order valence-corrected chi connectivity index (χ3v) is 5.71. The second-order valence-corrected chi connectivity index (χ2v) is 8.00. The molecule has 0 aromatic heterocycles. The summed E-state index contributed by atoms with van der Waals surface area (Å²) in [5.74, 6) is -0.281. The van der Waals surface area contributed by atoms with E-state index in [1.54, 1.807) is 37.3 Å². The molecule has 0 radical (unpaired) electrons. The predicted molar refractivity (Wildman–Crippen MR) is 122 cm³/mol. The lowest BCUT2D eigenvalue weighted by Gasteiger charge is -2.33. The Labute approximate surface area is 183 Å². The van der Waals surface area contributed by atoms with E-state index in [1.165, 1.54) is 5.01 Å². The van der Waals surface area contributed by atoms with E-state index in [4.69, 9.17) is 28.2 Å². The fourth-order valence-corrected chi connectivity index (χ4v) is 3.99. The number of halogens is 2. The molecular formula is C23H16Cl2N4O. The molecular weight excluding hydrogens is 419 g/mol. The average Bonchev–Trinajstić information content (AvgIpc) is 2.99. The monoisotopic (exact) mass is 434 g/mol. The molecule has 3 aromatic carbocycles. The molecule has 5 rings (SSSR count). The van der Waals surface area contributed by atoms with Crippen LogP contribution in [0.15, 0.2) is 82.9 Å². The molecule has 148 valence electrons. The van der Waals surface area contributed by atoms with Crippen LogP contribution in [0.25, 0.3) is 0 Å². The summed E-state index contributed by atoms with van der Waals surface area (Å²) in [6.45, 7) is 1.80. The molecule has 5 nitrogen and oxygen atoms in total. The molecule has 0 fully saturated rings. The second kappa shape index (κ2) is 6.97. The van der Waals surface area contributed by atoms with E-state index in [0.717, 1.165) is 16.8 Å². The van der Waals surface area contributed by atoms with Gasteiger partial charge in [0.05, 0.1) is 17.1 Å². The van der Waals surface area contributed by atoms with Crippen LogP contribution in [-0.2, 0) is 4.79 Å². The number of fused-ring (bicyclic) bond motifs is 1. The van der Waals surface area contributed by atoms with E-state index >= 15 is 0 Å². The Bertz CT molecular complexity index is 1220. The number of nitrogens with one attached hydrogen (secondary N) is 1. The van der Waals surface area contributed by atoms with Crippen LogP contribution in [0.1, 0.15) is 18.1 Å². The molecule has 2 aliphatic heterocycles. The molecule has 1 N–H and O–H groups in total. The van der Waals surface area contributed by atoms with Gasteiger partial charge in [-0.1, -0.05) is 53.5 Å². The number of rotatable bonds is 2. The zero-order valence-electron chi connectivity index (χ0n) is 15.9. The number of aliphatic imine (C=N–C) groups is 1. The first-order valence-electron chi connectivity index (χ1n) is 9.37. The molecule has 30 heavy (non-hydrogen) atoms. The van der Waals surface area contributed by atoms with Crippen molar-refractivity contribution in [2.24, 2.45) is 10.1 Å². The highest BCUT2D eigenvalue weighted by Gasteiger charge is 2.52. The smallest absolute Gasteiger partial charge is 0.302 e. The molecule has 2 heterocycles. The predicted octanol–water partition coefficient (Wildman–Crippen LogP) is 5.38. The van der Waals surface area contributed by atoms with E-state index in [9.17, 15) is 4.79 Å². The van der Waals surface area contributed by atoms with Crippen LogP contribution in [-0.4, -0.2) is 23.0 Å². The van der Waals surface area contributed by atoms with Gasteiger partial charge in [-0.05, 0) is 49.4 Å². The van der Waals surface area contributed by atoms with Crippen LogP contribution in [0, 0.1) is 0 Å². The second-order valence-electron chi connectivity index (χ2n) is 7.13. The molecule has 1 amide bonds. The Balaban J connectivity index is 1.67. The van der Waals surface area contributed by atoms with Crippen molar-refractivity contribution in [2.75, 3.05) is 10.3 Å². The van der Waals surface area contributed by atoms with E-state index in [2.05, 4.69) is 10.4 Å². The van der Waals surface area contributed by atoms with Crippen molar-refractivity contribution in [3.8, 4) is 0 Å². The first-order chi connectivity index (χ1) is 14.5. The minimum absolute atomic E-state index is 0.281. The fourth-order valence-electron chi connectivity index (χ4n) is 3.69. The summed E-state index contributed by atoms with van der Waals surface area (Å²) in [6, 6.07) is 22.2. The lowest BCUT2D eigenvalue weighted by molar-refractivity contribution is -0.120. The standard InChI is InChI=1S/C23H16Cl2N4O/c1-14-23(22(30)29(28-14)18-10-7-16(24)8-11-18)26-20-12-9-17(25)13-19(20)21(27-23)15-5-3-2-4-6-15/h2-13,26H,1H3. The highest BCUT2D eigenvalue weighted by atomic mass is 35.5. The summed E-state index contributed by atoms with van der Waals surface area (Å²) in [5.41, 5.74) is 3.04. The zero-order valence-corrected chi connectivity index (χ0v) is 17.4.